The maximum absolute atomic E-state index is 13.3. The molecule has 10 nitrogen and oxygen atoms in total. The minimum atomic E-state index is -1.43. The van der Waals surface area contributed by atoms with Gasteiger partial charge in [-0.3, -0.25) is 0 Å². The first kappa shape index (κ1) is 39.9. The molecule has 276 valence electrons. The molecular formula is C42H49NO9. The highest BCUT2D eigenvalue weighted by Crippen LogP contribution is 2.20. The molecule has 3 N–H and O–H groups in total. The maximum atomic E-state index is 13.3. The largest absolute Gasteiger partial charge is 0.459 e. The Labute approximate surface area is 306 Å². The lowest BCUT2D eigenvalue weighted by atomic mass is 10.0. The first-order valence-corrected chi connectivity index (χ1v) is 17.2. The molecule has 4 aromatic rings. The van der Waals surface area contributed by atoms with Crippen molar-refractivity contribution in [3.63, 3.8) is 0 Å². The van der Waals surface area contributed by atoms with Crippen LogP contribution in [0.15, 0.2) is 133 Å². The van der Waals surface area contributed by atoms with Crippen molar-refractivity contribution in [2.75, 3.05) is 6.61 Å². The molecule has 5 atom stereocenters. The lowest BCUT2D eigenvalue weighted by molar-refractivity contribution is -0.168. The van der Waals surface area contributed by atoms with Gasteiger partial charge in [-0.1, -0.05) is 133 Å². The first-order chi connectivity index (χ1) is 25.1. The Morgan fingerprint density at radius 1 is 0.635 bits per heavy atom. The summed E-state index contributed by atoms with van der Waals surface area (Å²) in [5, 5.41) is 25.8. The first-order valence-electron chi connectivity index (χ1n) is 17.2. The Balaban J connectivity index is 1.59. The minimum Gasteiger partial charge on any atom is -0.459 e. The monoisotopic (exact) mass is 711 g/mol. The quantitative estimate of drug-likeness (QED) is 0.0759. The third-order valence-electron chi connectivity index (χ3n) is 7.66. The molecular weight excluding hydrogens is 662 g/mol. The molecule has 0 heterocycles. The normalized spacial score (nSPS) is 14.6. The van der Waals surface area contributed by atoms with Gasteiger partial charge in [-0.25, -0.2) is 9.59 Å². The molecule has 10 heteroatoms. The highest BCUT2D eigenvalue weighted by atomic mass is 16.6. The molecule has 0 aliphatic carbocycles. The van der Waals surface area contributed by atoms with Gasteiger partial charge in [0.1, 0.15) is 42.7 Å². The summed E-state index contributed by atoms with van der Waals surface area (Å²) in [6.07, 6.45) is -3.13. The van der Waals surface area contributed by atoms with Crippen LogP contribution in [-0.4, -0.2) is 64.9 Å². The molecule has 4 rings (SSSR count). The van der Waals surface area contributed by atoms with E-state index in [0.29, 0.717) is 0 Å². The van der Waals surface area contributed by atoms with Gasteiger partial charge in [-0.15, -0.1) is 0 Å². The minimum absolute atomic E-state index is 0.0318. The molecule has 0 radical (unpaired) electrons. The number of carbonyl (C=O) groups excluding carboxylic acids is 2. The SMILES string of the molecule is CC(C)(C)OC(=O)N[C@@H](C=C[C@H](O)[C@@H](OCc1ccccc1)[C@H](OCc1ccccc1)[C@H](O)COCc1ccccc1)C(=O)OCc1ccccc1. The van der Waals surface area contributed by atoms with Crippen LogP contribution < -0.4 is 5.32 Å². The zero-order valence-electron chi connectivity index (χ0n) is 29.9. The van der Waals surface area contributed by atoms with E-state index in [2.05, 4.69) is 5.32 Å². The van der Waals surface area contributed by atoms with Gasteiger partial charge in [-0.05, 0) is 43.0 Å². The van der Waals surface area contributed by atoms with Crippen molar-refractivity contribution in [2.24, 2.45) is 0 Å². The Morgan fingerprint density at radius 2 is 1.08 bits per heavy atom. The van der Waals surface area contributed by atoms with E-state index in [0.717, 1.165) is 22.3 Å². The number of amides is 1. The molecule has 52 heavy (non-hydrogen) atoms. The standard InChI is InChI=1S/C42H49NO9/c1-42(2,3)52-41(47)43-35(40(46)51-29-34-22-14-7-15-23-34)24-25-36(44)38(49-27-32-18-10-5-11-19-32)39(50-28-33-20-12-6-13-21-33)37(45)30-48-26-31-16-8-4-9-17-31/h4-25,35-39,44-45H,26-30H2,1-3H3,(H,43,47)/t35-,36-,37+,38+,39+/m0/s1. The van der Waals surface area contributed by atoms with Gasteiger partial charge in [0.25, 0.3) is 0 Å². The van der Waals surface area contributed by atoms with Crippen LogP contribution in [0.2, 0.25) is 0 Å². The van der Waals surface area contributed by atoms with E-state index in [9.17, 15) is 19.8 Å². The number of ether oxygens (including phenoxy) is 5. The number of rotatable bonds is 19. The Bertz CT molecular complexity index is 1630. The van der Waals surface area contributed by atoms with Gasteiger partial charge in [0.15, 0.2) is 0 Å². The Morgan fingerprint density at radius 3 is 1.56 bits per heavy atom. The summed E-state index contributed by atoms with van der Waals surface area (Å²) in [5.74, 6) is -0.772. The van der Waals surface area contributed by atoms with Crippen LogP contribution in [0.25, 0.3) is 0 Å². The molecule has 0 saturated carbocycles. The summed E-state index contributed by atoms with van der Waals surface area (Å²) < 4.78 is 29.4. The summed E-state index contributed by atoms with van der Waals surface area (Å²) >= 11 is 0. The summed E-state index contributed by atoms with van der Waals surface area (Å²) in [4.78, 5) is 26.1. The van der Waals surface area contributed by atoms with E-state index in [1.165, 1.54) is 12.2 Å². The molecule has 0 aliphatic rings. The van der Waals surface area contributed by atoms with Gasteiger partial charge in [0.05, 0.1) is 26.4 Å². The average Bonchev–Trinajstić information content (AvgIpc) is 3.14. The van der Waals surface area contributed by atoms with E-state index >= 15 is 0 Å². The Hall–Kier alpha value is -4.84. The second-order valence-corrected chi connectivity index (χ2v) is 13.2. The van der Waals surface area contributed by atoms with E-state index in [1.807, 2.05) is 121 Å². The lowest BCUT2D eigenvalue weighted by Gasteiger charge is -2.33. The molecule has 0 fully saturated rings. The molecule has 0 bridgehead atoms. The van der Waals surface area contributed by atoms with Crippen LogP contribution in [-0.2, 0) is 54.9 Å². The van der Waals surface area contributed by atoms with E-state index in [1.54, 1.807) is 20.8 Å². The number of aliphatic hydroxyl groups is 2. The highest BCUT2D eigenvalue weighted by molar-refractivity contribution is 5.83. The zero-order valence-corrected chi connectivity index (χ0v) is 29.9. The van der Waals surface area contributed by atoms with E-state index in [4.69, 9.17) is 23.7 Å². The van der Waals surface area contributed by atoms with Gasteiger partial charge >= 0.3 is 12.1 Å². The van der Waals surface area contributed by atoms with Crippen LogP contribution in [0, 0.1) is 0 Å². The number of nitrogens with one attached hydrogen (secondary N) is 1. The second kappa shape index (κ2) is 20.9. The van der Waals surface area contributed by atoms with Crippen molar-refractivity contribution in [1.82, 2.24) is 5.32 Å². The van der Waals surface area contributed by atoms with Crippen LogP contribution >= 0.6 is 0 Å². The van der Waals surface area contributed by atoms with Crippen LogP contribution in [0.5, 0.6) is 0 Å². The van der Waals surface area contributed by atoms with Crippen molar-refractivity contribution < 1.29 is 43.5 Å². The number of carbonyl (C=O) groups is 2. The number of esters is 1. The van der Waals surface area contributed by atoms with E-state index in [-0.39, 0.29) is 33.0 Å². The smallest absolute Gasteiger partial charge is 0.408 e. The summed E-state index contributed by atoms with van der Waals surface area (Å²) in [7, 11) is 0. The van der Waals surface area contributed by atoms with Gasteiger partial charge < -0.3 is 39.2 Å². The summed E-state index contributed by atoms with van der Waals surface area (Å²) in [5.41, 5.74) is 2.53. The fourth-order valence-electron chi connectivity index (χ4n) is 5.09. The third kappa shape index (κ3) is 14.4. The number of hydrogen-bond acceptors (Lipinski definition) is 9. The van der Waals surface area contributed by atoms with Crippen molar-refractivity contribution >= 4 is 12.1 Å². The summed E-state index contributed by atoms with van der Waals surface area (Å²) in [6.45, 7) is 5.40. The molecule has 0 unspecified atom stereocenters. The van der Waals surface area contributed by atoms with Crippen LogP contribution in [0.3, 0.4) is 0 Å². The van der Waals surface area contributed by atoms with Crippen molar-refractivity contribution in [3.05, 3.63) is 156 Å². The van der Waals surface area contributed by atoms with Gasteiger partial charge in [0, 0.05) is 0 Å². The van der Waals surface area contributed by atoms with Crippen LogP contribution in [0.1, 0.15) is 43.0 Å². The number of benzene rings is 4. The lowest BCUT2D eigenvalue weighted by Crippen LogP contribution is -2.49. The Kier molecular flexibility index (Phi) is 16.0. The topological polar surface area (TPSA) is 133 Å². The van der Waals surface area contributed by atoms with Gasteiger partial charge in [0.2, 0.25) is 0 Å². The number of aliphatic hydroxyl groups excluding tert-OH is 2. The molecule has 4 aromatic carbocycles. The highest BCUT2D eigenvalue weighted by Gasteiger charge is 2.35. The average molecular weight is 712 g/mol. The molecule has 0 aliphatic heterocycles. The van der Waals surface area contributed by atoms with Crippen molar-refractivity contribution in [1.29, 1.82) is 0 Å². The van der Waals surface area contributed by atoms with Crippen molar-refractivity contribution in [3.8, 4) is 0 Å². The zero-order chi connectivity index (χ0) is 37.2. The predicted molar refractivity (Wildman–Crippen MR) is 197 cm³/mol. The molecule has 0 aromatic heterocycles. The summed E-state index contributed by atoms with van der Waals surface area (Å²) in [6, 6.07) is 36.1. The maximum Gasteiger partial charge on any atom is 0.408 e. The number of hydrogen-bond donors (Lipinski definition) is 3. The molecule has 0 saturated heterocycles. The fraction of sp³-hybridized carbons (Fsp3) is 0.333. The molecule has 1 amide bonds. The number of alkyl carbamates (subject to hydrolysis) is 1. The predicted octanol–water partition coefficient (Wildman–Crippen LogP) is 6.29. The fourth-order valence-corrected chi connectivity index (χ4v) is 5.09. The van der Waals surface area contributed by atoms with Crippen molar-refractivity contribution in [2.45, 2.75) is 83.3 Å². The second-order valence-electron chi connectivity index (χ2n) is 13.2. The molecule has 0 spiro atoms. The van der Waals surface area contributed by atoms with Gasteiger partial charge in [-0.2, -0.15) is 0 Å². The third-order valence-corrected chi connectivity index (χ3v) is 7.66. The van der Waals surface area contributed by atoms with E-state index < -0.39 is 48.1 Å². The van der Waals surface area contributed by atoms with Crippen LogP contribution in [0.4, 0.5) is 4.79 Å².